The molecule has 0 bridgehead atoms. The number of ether oxygens (including phenoxy) is 2. The summed E-state index contributed by atoms with van der Waals surface area (Å²) in [6, 6.07) is -0.375. The highest BCUT2D eigenvalue weighted by molar-refractivity contribution is 5.68. The summed E-state index contributed by atoms with van der Waals surface area (Å²) < 4.78 is 10.5. The summed E-state index contributed by atoms with van der Waals surface area (Å²) in [7, 11) is 0. The van der Waals surface area contributed by atoms with Gasteiger partial charge in [0.15, 0.2) is 0 Å². The third-order valence-corrected chi connectivity index (χ3v) is 2.38. The van der Waals surface area contributed by atoms with Crippen molar-refractivity contribution in [2.45, 2.75) is 58.0 Å². The van der Waals surface area contributed by atoms with E-state index >= 15 is 0 Å². The molecule has 5 heteroatoms. The van der Waals surface area contributed by atoms with Crippen LogP contribution in [-0.2, 0) is 9.47 Å². The van der Waals surface area contributed by atoms with Crippen LogP contribution in [0.25, 0.3) is 0 Å². The van der Waals surface area contributed by atoms with E-state index in [1.54, 1.807) is 20.8 Å². The van der Waals surface area contributed by atoms with Gasteiger partial charge in [-0.05, 0) is 27.2 Å². The van der Waals surface area contributed by atoms with Crippen molar-refractivity contribution in [1.29, 1.82) is 0 Å². The van der Waals surface area contributed by atoms with Gasteiger partial charge < -0.3 is 19.9 Å². The summed E-state index contributed by atoms with van der Waals surface area (Å²) in [5.74, 6) is 0. The number of alkyl carbamates (subject to hydrolysis) is 1. The van der Waals surface area contributed by atoms with Gasteiger partial charge in [-0.15, -0.1) is 0 Å². The monoisotopic (exact) mass is 231 g/mol. The van der Waals surface area contributed by atoms with E-state index < -0.39 is 17.8 Å². The molecule has 0 unspecified atom stereocenters. The van der Waals surface area contributed by atoms with Crippen molar-refractivity contribution in [2.24, 2.45) is 0 Å². The Bertz CT molecular complexity index is 249. The van der Waals surface area contributed by atoms with Crippen LogP contribution >= 0.6 is 0 Å². The topological polar surface area (TPSA) is 67.8 Å². The zero-order valence-corrected chi connectivity index (χ0v) is 10.3. The van der Waals surface area contributed by atoms with Crippen molar-refractivity contribution in [3.8, 4) is 0 Å². The van der Waals surface area contributed by atoms with Crippen LogP contribution in [0.5, 0.6) is 0 Å². The maximum atomic E-state index is 11.5. The smallest absolute Gasteiger partial charge is 0.408 e. The lowest BCUT2D eigenvalue weighted by molar-refractivity contribution is 0.0425. The highest BCUT2D eigenvalue weighted by atomic mass is 16.6. The van der Waals surface area contributed by atoms with Crippen LogP contribution in [0.4, 0.5) is 4.79 Å². The number of nitrogens with one attached hydrogen (secondary N) is 1. The van der Waals surface area contributed by atoms with Crippen molar-refractivity contribution < 1.29 is 19.4 Å². The molecule has 0 radical (unpaired) electrons. The molecule has 1 rings (SSSR count). The minimum atomic E-state index is -0.655. The van der Waals surface area contributed by atoms with Crippen molar-refractivity contribution in [3.63, 3.8) is 0 Å². The lowest BCUT2D eigenvalue weighted by Crippen LogP contribution is -2.48. The molecular weight excluding hydrogens is 210 g/mol. The molecule has 0 aliphatic carbocycles. The second-order valence-corrected chi connectivity index (χ2v) is 5.02. The van der Waals surface area contributed by atoms with Crippen LogP contribution in [0.3, 0.4) is 0 Å². The fourth-order valence-corrected chi connectivity index (χ4v) is 1.68. The Hall–Kier alpha value is -0.810. The van der Waals surface area contributed by atoms with Gasteiger partial charge in [-0.2, -0.15) is 0 Å². The fraction of sp³-hybridized carbons (Fsp3) is 0.909. The van der Waals surface area contributed by atoms with Gasteiger partial charge in [-0.1, -0.05) is 6.92 Å². The van der Waals surface area contributed by atoms with Crippen LogP contribution in [0.15, 0.2) is 0 Å². The molecule has 5 nitrogen and oxygen atoms in total. The van der Waals surface area contributed by atoms with Gasteiger partial charge >= 0.3 is 6.09 Å². The quantitative estimate of drug-likeness (QED) is 0.745. The number of amides is 1. The molecule has 94 valence electrons. The minimum Gasteiger partial charge on any atom is -0.444 e. The summed E-state index contributed by atoms with van der Waals surface area (Å²) in [5.41, 5.74) is -0.532. The van der Waals surface area contributed by atoms with Crippen molar-refractivity contribution in [3.05, 3.63) is 0 Å². The molecule has 16 heavy (non-hydrogen) atoms. The lowest BCUT2D eigenvalue weighted by atomic mass is 10.1. The van der Waals surface area contributed by atoms with Crippen molar-refractivity contribution >= 4 is 6.09 Å². The molecule has 3 atom stereocenters. The number of hydrogen-bond donors (Lipinski definition) is 2. The summed E-state index contributed by atoms with van der Waals surface area (Å²) in [6.07, 6.45) is -0.558. The van der Waals surface area contributed by atoms with Gasteiger partial charge in [0.25, 0.3) is 0 Å². The first-order valence-corrected chi connectivity index (χ1v) is 5.62. The van der Waals surface area contributed by atoms with Gasteiger partial charge in [0.2, 0.25) is 0 Å². The fourth-order valence-electron chi connectivity index (χ4n) is 1.68. The molecule has 0 spiro atoms. The number of rotatable bonds is 2. The summed E-state index contributed by atoms with van der Waals surface area (Å²) >= 11 is 0. The average molecular weight is 231 g/mol. The van der Waals surface area contributed by atoms with E-state index in [9.17, 15) is 9.90 Å². The van der Waals surface area contributed by atoms with Crippen molar-refractivity contribution in [2.75, 3.05) is 6.61 Å². The maximum Gasteiger partial charge on any atom is 0.408 e. The number of hydrogen-bond acceptors (Lipinski definition) is 4. The first-order chi connectivity index (χ1) is 7.33. The van der Waals surface area contributed by atoms with Crippen LogP contribution < -0.4 is 5.32 Å². The summed E-state index contributed by atoms with van der Waals surface area (Å²) in [4.78, 5) is 11.5. The van der Waals surface area contributed by atoms with E-state index in [0.29, 0.717) is 0 Å². The predicted octanol–water partition coefficient (Wildman–Crippen LogP) is 1.05. The average Bonchev–Trinajstić information content (AvgIpc) is 2.44. The molecule has 1 aliphatic rings. The Morgan fingerprint density at radius 2 is 2.19 bits per heavy atom. The highest BCUT2D eigenvalue weighted by Crippen LogP contribution is 2.18. The number of carbonyl (C=O) groups excluding carboxylic acids is 1. The van der Waals surface area contributed by atoms with Crippen molar-refractivity contribution in [1.82, 2.24) is 5.32 Å². The molecule has 2 N–H and O–H groups in total. The summed E-state index contributed by atoms with van der Waals surface area (Å²) in [5, 5.41) is 12.3. The lowest BCUT2D eigenvalue weighted by Gasteiger charge is -2.24. The normalized spacial score (nSPS) is 30.2. The van der Waals surface area contributed by atoms with Crippen LogP contribution in [0, 0.1) is 0 Å². The van der Waals surface area contributed by atoms with E-state index in [4.69, 9.17) is 9.47 Å². The SMILES string of the molecule is CC[C@@H]1OC[C@@H](O)[C@H]1NC(=O)OC(C)(C)C. The van der Waals surface area contributed by atoms with Gasteiger partial charge in [0, 0.05) is 0 Å². The maximum absolute atomic E-state index is 11.5. The van der Waals surface area contributed by atoms with Gasteiger partial charge in [-0.25, -0.2) is 4.79 Å². The molecule has 1 aliphatic heterocycles. The number of carbonyl (C=O) groups is 1. The van der Waals surface area contributed by atoms with E-state index in [-0.39, 0.29) is 18.8 Å². The molecule has 0 aromatic heterocycles. The van der Waals surface area contributed by atoms with Crippen LogP contribution in [-0.4, -0.2) is 41.7 Å². The number of aliphatic hydroxyl groups excluding tert-OH is 1. The third kappa shape index (κ3) is 3.64. The number of aliphatic hydroxyl groups is 1. The summed E-state index contributed by atoms with van der Waals surface area (Å²) in [6.45, 7) is 7.60. The van der Waals surface area contributed by atoms with E-state index in [2.05, 4.69) is 5.32 Å². The van der Waals surface area contributed by atoms with Crippen LogP contribution in [0.1, 0.15) is 34.1 Å². The minimum absolute atomic E-state index is 0.137. The first kappa shape index (κ1) is 13.3. The van der Waals surface area contributed by atoms with E-state index in [1.807, 2.05) is 6.92 Å². The zero-order valence-electron chi connectivity index (χ0n) is 10.3. The third-order valence-electron chi connectivity index (χ3n) is 2.38. The molecule has 0 saturated carbocycles. The van der Waals surface area contributed by atoms with Gasteiger partial charge in [0.1, 0.15) is 11.7 Å². The predicted molar refractivity (Wildman–Crippen MR) is 59.2 cm³/mol. The molecule has 1 heterocycles. The Morgan fingerprint density at radius 3 is 2.69 bits per heavy atom. The standard InChI is InChI=1S/C11H21NO4/c1-5-8-9(7(13)6-15-8)12-10(14)16-11(2,3)4/h7-9,13H,5-6H2,1-4H3,(H,12,14)/t7-,8+,9-/m1/s1. The first-order valence-electron chi connectivity index (χ1n) is 5.62. The Morgan fingerprint density at radius 1 is 1.56 bits per heavy atom. The molecule has 0 aromatic rings. The molecule has 1 amide bonds. The Balaban J connectivity index is 2.49. The highest BCUT2D eigenvalue weighted by Gasteiger charge is 2.36. The van der Waals surface area contributed by atoms with Crippen LogP contribution in [0.2, 0.25) is 0 Å². The molecular formula is C11H21NO4. The second-order valence-electron chi connectivity index (χ2n) is 5.02. The molecule has 1 saturated heterocycles. The van der Waals surface area contributed by atoms with E-state index in [0.717, 1.165) is 6.42 Å². The zero-order chi connectivity index (χ0) is 12.3. The Kier molecular flexibility index (Phi) is 4.15. The van der Waals surface area contributed by atoms with E-state index in [1.165, 1.54) is 0 Å². The van der Waals surface area contributed by atoms with Gasteiger partial charge in [0.05, 0.1) is 18.8 Å². The second kappa shape index (κ2) is 5.01. The molecule has 1 fully saturated rings. The largest absolute Gasteiger partial charge is 0.444 e. The van der Waals surface area contributed by atoms with Gasteiger partial charge in [-0.3, -0.25) is 0 Å². The Labute approximate surface area is 96.1 Å². The molecule has 0 aromatic carbocycles.